The molecule has 0 amide bonds. The summed E-state index contributed by atoms with van der Waals surface area (Å²) in [7, 11) is 0. The molecular formula is C18H30N2O. The summed E-state index contributed by atoms with van der Waals surface area (Å²) < 4.78 is 0. The molecule has 1 unspecified atom stereocenters. The number of aliphatic hydroxyl groups is 1. The maximum absolute atomic E-state index is 10.4. The molecule has 0 aromatic heterocycles. The zero-order valence-electron chi connectivity index (χ0n) is 13.9. The molecule has 3 nitrogen and oxygen atoms in total. The van der Waals surface area contributed by atoms with Gasteiger partial charge in [-0.05, 0) is 59.2 Å². The third-order valence-corrected chi connectivity index (χ3v) is 4.49. The fourth-order valence-electron chi connectivity index (χ4n) is 3.22. The fraction of sp³-hybridized carbons (Fsp3) is 0.667. The van der Waals surface area contributed by atoms with Crippen LogP contribution in [0.2, 0.25) is 0 Å². The van der Waals surface area contributed by atoms with Gasteiger partial charge >= 0.3 is 0 Å². The second kappa shape index (κ2) is 7.39. The van der Waals surface area contributed by atoms with Crippen LogP contribution in [0.3, 0.4) is 0 Å². The normalized spacial score (nSPS) is 19.1. The van der Waals surface area contributed by atoms with Crippen molar-refractivity contribution in [2.75, 3.05) is 19.6 Å². The number of hydrogen-bond acceptors (Lipinski definition) is 3. The average Bonchev–Trinajstić information content (AvgIpc) is 2.44. The van der Waals surface area contributed by atoms with E-state index >= 15 is 0 Å². The predicted molar refractivity (Wildman–Crippen MR) is 88.6 cm³/mol. The third kappa shape index (κ3) is 4.80. The van der Waals surface area contributed by atoms with Gasteiger partial charge in [0.1, 0.15) is 0 Å². The molecule has 1 fully saturated rings. The van der Waals surface area contributed by atoms with Crippen molar-refractivity contribution in [2.45, 2.75) is 58.7 Å². The highest BCUT2D eigenvalue weighted by molar-refractivity contribution is 5.30. The van der Waals surface area contributed by atoms with Gasteiger partial charge in [0, 0.05) is 18.6 Å². The fourth-order valence-corrected chi connectivity index (χ4v) is 3.22. The Balaban J connectivity index is 1.80. The van der Waals surface area contributed by atoms with E-state index in [1.807, 2.05) is 0 Å². The lowest BCUT2D eigenvalue weighted by Gasteiger charge is -2.35. The van der Waals surface area contributed by atoms with E-state index in [0.29, 0.717) is 18.6 Å². The summed E-state index contributed by atoms with van der Waals surface area (Å²) in [6.07, 6.45) is 1.95. The van der Waals surface area contributed by atoms with Gasteiger partial charge in [-0.1, -0.05) is 29.3 Å². The molecule has 2 N–H and O–H groups in total. The molecule has 1 heterocycles. The van der Waals surface area contributed by atoms with Crippen molar-refractivity contribution in [1.82, 2.24) is 10.2 Å². The van der Waals surface area contributed by atoms with E-state index in [2.05, 4.69) is 56.1 Å². The van der Waals surface area contributed by atoms with E-state index in [-0.39, 0.29) is 0 Å². The smallest absolute Gasteiger partial charge is 0.0914 e. The monoisotopic (exact) mass is 290 g/mol. The van der Waals surface area contributed by atoms with Crippen molar-refractivity contribution < 1.29 is 5.11 Å². The molecule has 2 rings (SSSR count). The van der Waals surface area contributed by atoms with Crippen LogP contribution in [0.1, 0.15) is 49.5 Å². The van der Waals surface area contributed by atoms with Gasteiger partial charge in [0.2, 0.25) is 0 Å². The molecule has 118 valence electrons. The van der Waals surface area contributed by atoms with Crippen LogP contribution in [0.5, 0.6) is 0 Å². The lowest BCUT2D eigenvalue weighted by molar-refractivity contribution is 0.138. The molecule has 1 aliphatic rings. The predicted octanol–water partition coefficient (Wildman–Crippen LogP) is 2.80. The zero-order valence-corrected chi connectivity index (χ0v) is 13.9. The number of likely N-dealkylation sites (tertiary alicyclic amines) is 1. The van der Waals surface area contributed by atoms with Crippen LogP contribution < -0.4 is 5.32 Å². The minimum Gasteiger partial charge on any atom is -0.387 e. The van der Waals surface area contributed by atoms with Gasteiger partial charge in [0.25, 0.3) is 0 Å². The van der Waals surface area contributed by atoms with Crippen LogP contribution in [0.25, 0.3) is 0 Å². The first-order chi connectivity index (χ1) is 9.95. The van der Waals surface area contributed by atoms with Crippen LogP contribution in [0, 0.1) is 13.8 Å². The molecular weight excluding hydrogens is 260 g/mol. The summed E-state index contributed by atoms with van der Waals surface area (Å²) in [6.45, 7) is 11.7. The van der Waals surface area contributed by atoms with Gasteiger partial charge in [0.05, 0.1) is 6.10 Å². The maximum atomic E-state index is 10.4. The molecule has 0 aliphatic carbocycles. The standard InChI is InChI=1S/C18H30N2O/c1-13(2)20-7-5-17(6-8-20)19-12-18(21)16-10-14(3)9-15(4)11-16/h9-11,13,17-19,21H,5-8,12H2,1-4H3. The van der Waals surface area contributed by atoms with E-state index in [1.54, 1.807) is 0 Å². The highest BCUT2D eigenvalue weighted by atomic mass is 16.3. The first-order valence-corrected chi connectivity index (χ1v) is 8.19. The molecule has 0 bridgehead atoms. The van der Waals surface area contributed by atoms with E-state index in [1.165, 1.54) is 24.0 Å². The molecule has 0 radical (unpaired) electrons. The Morgan fingerprint density at radius 3 is 2.24 bits per heavy atom. The number of hydrogen-bond donors (Lipinski definition) is 2. The second-order valence-electron chi connectivity index (χ2n) is 6.75. The Morgan fingerprint density at radius 1 is 1.14 bits per heavy atom. The number of aliphatic hydroxyl groups excluding tert-OH is 1. The Morgan fingerprint density at radius 2 is 1.71 bits per heavy atom. The van der Waals surface area contributed by atoms with Crippen LogP contribution in [0.15, 0.2) is 18.2 Å². The van der Waals surface area contributed by atoms with Gasteiger partial charge in [-0.25, -0.2) is 0 Å². The van der Waals surface area contributed by atoms with Gasteiger partial charge in [-0.2, -0.15) is 0 Å². The Hall–Kier alpha value is -0.900. The molecule has 3 heteroatoms. The van der Waals surface area contributed by atoms with Crippen molar-refractivity contribution in [1.29, 1.82) is 0 Å². The molecule has 1 saturated heterocycles. The van der Waals surface area contributed by atoms with Crippen molar-refractivity contribution >= 4 is 0 Å². The molecule has 1 aromatic carbocycles. The van der Waals surface area contributed by atoms with Gasteiger partial charge in [-0.15, -0.1) is 0 Å². The Bertz CT molecular complexity index is 430. The molecule has 0 saturated carbocycles. The average molecular weight is 290 g/mol. The van der Waals surface area contributed by atoms with Crippen molar-refractivity contribution in [2.24, 2.45) is 0 Å². The van der Waals surface area contributed by atoms with Crippen molar-refractivity contribution in [3.05, 3.63) is 34.9 Å². The van der Waals surface area contributed by atoms with Gasteiger partial charge in [-0.3, -0.25) is 0 Å². The van der Waals surface area contributed by atoms with Crippen LogP contribution >= 0.6 is 0 Å². The summed E-state index contributed by atoms with van der Waals surface area (Å²) in [6, 6.07) is 7.50. The molecule has 1 aliphatic heterocycles. The number of benzene rings is 1. The van der Waals surface area contributed by atoms with E-state index in [0.717, 1.165) is 18.7 Å². The molecule has 21 heavy (non-hydrogen) atoms. The lowest BCUT2D eigenvalue weighted by Crippen LogP contribution is -2.45. The zero-order chi connectivity index (χ0) is 15.4. The maximum Gasteiger partial charge on any atom is 0.0914 e. The number of aryl methyl sites for hydroxylation is 2. The highest BCUT2D eigenvalue weighted by Crippen LogP contribution is 2.18. The van der Waals surface area contributed by atoms with Crippen LogP contribution in [-0.4, -0.2) is 41.7 Å². The minimum absolute atomic E-state index is 0.410. The summed E-state index contributed by atoms with van der Waals surface area (Å²) >= 11 is 0. The molecule has 1 atom stereocenters. The van der Waals surface area contributed by atoms with Gasteiger partial charge in [0.15, 0.2) is 0 Å². The Labute approximate surface area is 129 Å². The number of piperidine rings is 1. The highest BCUT2D eigenvalue weighted by Gasteiger charge is 2.21. The van der Waals surface area contributed by atoms with Crippen molar-refractivity contribution in [3.63, 3.8) is 0 Å². The third-order valence-electron chi connectivity index (χ3n) is 4.49. The lowest BCUT2D eigenvalue weighted by atomic mass is 10.0. The first-order valence-electron chi connectivity index (χ1n) is 8.19. The topological polar surface area (TPSA) is 35.5 Å². The summed E-state index contributed by atoms with van der Waals surface area (Å²) in [5, 5.41) is 13.9. The van der Waals surface area contributed by atoms with Crippen LogP contribution in [0.4, 0.5) is 0 Å². The molecule has 1 aromatic rings. The SMILES string of the molecule is Cc1cc(C)cc(C(O)CNC2CCN(C(C)C)CC2)c1. The first kappa shape index (κ1) is 16.5. The summed E-state index contributed by atoms with van der Waals surface area (Å²) in [5.74, 6) is 0. The van der Waals surface area contributed by atoms with Gasteiger partial charge < -0.3 is 15.3 Å². The summed E-state index contributed by atoms with van der Waals surface area (Å²) in [5.41, 5.74) is 3.46. The second-order valence-corrected chi connectivity index (χ2v) is 6.75. The van der Waals surface area contributed by atoms with E-state index in [4.69, 9.17) is 0 Å². The quantitative estimate of drug-likeness (QED) is 0.875. The van der Waals surface area contributed by atoms with E-state index < -0.39 is 6.10 Å². The molecule has 0 spiro atoms. The largest absolute Gasteiger partial charge is 0.387 e. The minimum atomic E-state index is -0.410. The summed E-state index contributed by atoms with van der Waals surface area (Å²) in [4.78, 5) is 2.53. The van der Waals surface area contributed by atoms with Crippen LogP contribution in [-0.2, 0) is 0 Å². The number of nitrogens with one attached hydrogen (secondary N) is 1. The Kier molecular flexibility index (Phi) is 5.80. The van der Waals surface area contributed by atoms with E-state index in [9.17, 15) is 5.11 Å². The van der Waals surface area contributed by atoms with Crippen molar-refractivity contribution in [3.8, 4) is 0 Å². The number of rotatable bonds is 5. The number of nitrogens with zero attached hydrogens (tertiary/aromatic N) is 1.